The molecule has 4 N–H and O–H groups in total. The summed E-state index contributed by atoms with van der Waals surface area (Å²) in [5.74, 6) is 0. The fraction of sp³-hybridized carbons (Fsp3) is 0. The summed E-state index contributed by atoms with van der Waals surface area (Å²) in [6, 6.07) is 7.53. The molecular weight excluding hydrogens is 188 g/mol. The largest absolute Gasteiger partial charge is 0.399 e. The van der Waals surface area contributed by atoms with Gasteiger partial charge >= 0.3 is 0 Å². The van der Waals surface area contributed by atoms with Crippen molar-refractivity contribution >= 4 is 23.2 Å². The lowest BCUT2D eigenvalue weighted by Crippen LogP contribution is -2.29. The number of halogens is 1. The first-order valence-electron chi connectivity index (χ1n) is 3.80. The van der Waals surface area contributed by atoms with Gasteiger partial charge in [-0.2, -0.15) is 0 Å². The van der Waals surface area contributed by atoms with Crippen molar-refractivity contribution in [3.63, 3.8) is 0 Å². The Morgan fingerprint density at radius 1 is 1.23 bits per heavy atom. The van der Waals surface area contributed by atoms with E-state index in [9.17, 15) is 0 Å². The lowest BCUT2D eigenvalue weighted by Gasteiger charge is -2.03. The molecule has 0 saturated carbocycles. The summed E-state index contributed by atoms with van der Waals surface area (Å²) >= 11 is 5.65. The zero-order valence-corrected chi connectivity index (χ0v) is 7.55. The number of hydrazine groups is 2. The molecule has 5 heteroatoms. The molecule has 0 radical (unpaired) electrons. The number of hydrogen-bond acceptors (Lipinski definition) is 4. The number of nitrogens with two attached hydrogens (primary N) is 1. The van der Waals surface area contributed by atoms with Crippen LogP contribution in [0.4, 0.5) is 5.69 Å². The average Bonchev–Trinajstić information content (AvgIpc) is 2.53. The van der Waals surface area contributed by atoms with Gasteiger partial charge in [-0.05, 0) is 12.1 Å². The van der Waals surface area contributed by atoms with E-state index in [1.165, 1.54) is 4.53 Å². The number of benzene rings is 1. The molecule has 0 aliphatic carbocycles. The second-order valence-corrected chi connectivity index (χ2v) is 3.08. The maximum Gasteiger partial charge on any atom is 0.0767 e. The van der Waals surface area contributed by atoms with Crippen molar-refractivity contribution in [1.29, 1.82) is 0 Å². The van der Waals surface area contributed by atoms with E-state index < -0.39 is 0 Å². The van der Waals surface area contributed by atoms with Gasteiger partial charge < -0.3 is 11.2 Å². The summed E-state index contributed by atoms with van der Waals surface area (Å²) < 4.78 is 1.33. The quantitative estimate of drug-likeness (QED) is 0.464. The highest BCUT2D eigenvalue weighted by molar-refractivity contribution is 6.14. The summed E-state index contributed by atoms with van der Waals surface area (Å²) in [5.41, 5.74) is 13.9. The Morgan fingerprint density at radius 3 is 2.46 bits per heavy atom. The SMILES string of the molecule is Nc1ccc(C2=CN(Cl)NN2)cc1. The van der Waals surface area contributed by atoms with Crippen molar-refractivity contribution < 1.29 is 0 Å². The molecular formula is C8H9ClN4. The predicted molar refractivity (Wildman–Crippen MR) is 52.8 cm³/mol. The van der Waals surface area contributed by atoms with E-state index in [1.54, 1.807) is 6.20 Å². The molecule has 2 rings (SSSR count). The second-order valence-electron chi connectivity index (χ2n) is 2.71. The normalized spacial score (nSPS) is 15.5. The Morgan fingerprint density at radius 2 is 1.92 bits per heavy atom. The highest BCUT2D eigenvalue weighted by Crippen LogP contribution is 2.16. The van der Waals surface area contributed by atoms with Crippen molar-refractivity contribution in [1.82, 2.24) is 15.5 Å². The van der Waals surface area contributed by atoms with Crippen LogP contribution >= 0.6 is 11.8 Å². The van der Waals surface area contributed by atoms with Gasteiger partial charge in [0.25, 0.3) is 0 Å². The van der Waals surface area contributed by atoms with E-state index in [4.69, 9.17) is 17.5 Å². The minimum atomic E-state index is 0.748. The highest BCUT2D eigenvalue weighted by Gasteiger charge is 2.09. The molecule has 0 bridgehead atoms. The van der Waals surface area contributed by atoms with E-state index >= 15 is 0 Å². The van der Waals surface area contributed by atoms with Crippen LogP contribution in [0, 0.1) is 0 Å². The van der Waals surface area contributed by atoms with Crippen LogP contribution < -0.4 is 16.7 Å². The lowest BCUT2D eigenvalue weighted by molar-refractivity contribution is 0.438. The van der Waals surface area contributed by atoms with Crippen LogP contribution in [0.1, 0.15) is 5.56 Å². The number of nitrogens with zero attached hydrogens (tertiary/aromatic N) is 1. The number of anilines is 1. The Bertz CT molecular complexity index is 333. The van der Waals surface area contributed by atoms with Gasteiger partial charge in [0.15, 0.2) is 0 Å². The van der Waals surface area contributed by atoms with E-state index in [2.05, 4.69) is 11.0 Å². The zero-order valence-electron chi connectivity index (χ0n) is 6.79. The molecule has 13 heavy (non-hydrogen) atoms. The van der Waals surface area contributed by atoms with Gasteiger partial charge in [0, 0.05) is 23.0 Å². The molecule has 4 nitrogen and oxygen atoms in total. The van der Waals surface area contributed by atoms with E-state index in [0.717, 1.165) is 16.9 Å². The first-order chi connectivity index (χ1) is 6.25. The van der Waals surface area contributed by atoms with Crippen molar-refractivity contribution in [2.24, 2.45) is 0 Å². The molecule has 1 heterocycles. The third-order valence-corrected chi connectivity index (χ3v) is 1.94. The number of nitrogen functional groups attached to an aromatic ring is 1. The van der Waals surface area contributed by atoms with Crippen LogP contribution in [-0.2, 0) is 0 Å². The minimum absolute atomic E-state index is 0.748. The smallest absolute Gasteiger partial charge is 0.0767 e. The fourth-order valence-corrected chi connectivity index (χ4v) is 1.24. The van der Waals surface area contributed by atoms with E-state index in [0.29, 0.717) is 0 Å². The minimum Gasteiger partial charge on any atom is -0.399 e. The molecule has 1 aromatic rings. The van der Waals surface area contributed by atoms with Crippen LogP contribution in [0.15, 0.2) is 30.5 Å². The Labute approximate surface area is 81.0 Å². The standard InChI is InChI=1S/C8H9ClN4/c9-13-5-8(11-12-13)6-1-3-7(10)4-2-6/h1-5,11-12H,10H2. The van der Waals surface area contributed by atoms with Crippen molar-refractivity contribution in [2.45, 2.75) is 0 Å². The maximum absolute atomic E-state index is 5.65. The molecule has 0 atom stereocenters. The molecule has 1 aromatic carbocycles. The van der Waals surface area contributed by atoms with Crippen molar-refractivity contribution in [3.05, 3.63) is 36.0 Å². The fourth-order valence-electron chi connectivity index (χ4n) is 1.10. The second kappa shape index (κ2) is 3.16. The van der Waals surface area contributed by atoms with Crippen LogP contribution in [0.2, 0.25) is 0 Å². The van der Waals surface area contributed by atoms with E-state index in [1.807, 2.05) is 24.3 Å². The number of nitrogens with one attached hydrogen (secondary N) is 2. The van der Waals surface area contributed by atoms with E-state index in [-0.39, 0.29) is 0 Å². The molecule has 0 aromatic heterocycles. The van der Waals surface area contributed by atoms with Crippen LogP contribution in [0.3, 0.4) is 0 Å². The monoisotopic (exact) mass is 196 g/mol. The van der Waals surface area contributed by atoms with Gasteiger partial charge in [0.05, 0.1) is 11.9 Å². The van der Waals surface area contributed by atoms with Crippen LogP contribution in [0.5, 0.6) is 0 Å². The van der Waals surface area contributed by atoms with Gasteiger partial charge in [-0.15, -0.1) is 5.53 Å². The molecule has 0 fully saturated rings. The zero-order chi connectivity index (χ0) is 9.26. The molecule has 0 spiro atoms. The molecule has 68 valence electrons. The Kier molecular flexibility index (Phi) is 2.00. The highest BCUT2D eigenvalue weighted by atomic mass is 35.5. The molecule has 0 unspecified atom stereocenters. The third kappa shape index (κ3) is 1.68. The predicted octanol–water partition coefficient (Wildman–Crippen LogP) is 1.05. The molecule has 1 aliphatic rings. The molecule has 0 saturated heterocycles. The lowest BCUT2D eigenvalue weighted by atomic mass is 10.1. The van der Waals surface area contributed by atoms with Crippen LogP contribution in [-0.4, -0.2) is 4.53 Å². The first-order valence-corrected chi connectivity index (χ1v) is 4.14. The first kappa shape index (κ1) is 8.22. The van der Waals surface area contributed by atoms with Gasteiger partial charge in [0.2, 0.25) is 0 Å². The van der Waals surface area contributed by atoms with Gasteiger partial charge in [0.1, 0.15) is 0 Å². The van der Waals surface area contributed by atoms with Gasteiger partial charge in [-0.3, -0.25) is 0 Å². The topological polar surface area (TPSA) is 53.3 Å². The maximum atomic E-state index is 5.65. The Balaban J connectivity index is 2.26. The molecule has 1 aliphatic heterocycles. The molecule has 0 amide bonds. The van der Waals surface area contributed by atoms with Gasteiger partial charge in [-0.25, -0.2) is 4.53 Å². The Hall–Kier alpha value is -1.39. The summed E-state index contributed by atoms with van der Waals surface area (Å²) in [7, 11) is 0. The summed E-state index contributed by atoms with van der Waals surface area (Å²) in [6.45, 7) is 0. The van der Waals surface area contributed by atoms with Crippen molar-refractivity contribution in [3.8, 4) is 0 Å². The summed E-state index contributed by atoms with van der Waals surface area (Å²) in [5, 5.41) is 0. The van der Waals surface area contributed by atoms with Gasteiger partial charge in [-0.1, -0.05) is 12.1 Å². The summed E-state index contributed by atoms with van der Waals surface area (Å²) in [4.78, 5) is 0. The number of hydrogen-bond donors (Lipinski definition) is 3. The number of rotatable bonds is 1. The average molecular weight is 197 g/mol. The summed E-state index contributed by atoms with van der Waals surface area (Å²) in [6.07, 6.45) is 1.74. The van der Waals surface area contributed by atoms with Crippen LogP contribution in [0.25, 0.3) is 5.70 Å². The van der Waals surface area contributed by atoms with Crippen molar-refractivity contribution in [2.75, 3.05) is 5.73 Å². The third-order valence-electron chi connectivity index (χ3n) is 1.76.